The normalized spacial score (nSPS) is 11.1. The van der Waals surface area contributed by atoms with Crippen molar-refractivity contribution in [3.05, 3.63) is 46.1 Å². The van der Waals surface area contributed by atoms with Crippen molar-refractivity contribution in [3.63, 3.8) is 0 Å². The lowest BCUT2D eigenvalue weighted by atomic mass is 9.99. The molecule has 2 aromatic rings. The van der Waals surface area contributed by atoms with Gasteiger partial charge in [0.2, 0.25) is 0 Å². The zero-order valence-electron chi connectivity index (χ0n) is 9.84. The quantitative estimate of drug-likeness (QED) is 0.806. The van der Waals surface area contributed by atoms with E-state index >= 15 is 0 Å². The maximum absolute atomic E-state index is 3.51. The topological polar surface area (TPSA) is 15.8 Å². The number of benzene rings is 1. The summed E-state index contributed by atoms with van der Waals surface area (Å²) in [6, 6.07) is 10.8. The highest BCUT2D eigenvalue weighted by Gasteiger charge is 2.11. The Bertz CT molecular complexity index is 480. The molecule has 84 valence electrons. The molecule has 0 unspecified atom stereocenters. The van der Waals surface area contributed by atoms with Crippen LogP contribution in [0.3, 0.4) is 0 Å². The Labute approximate surface area is 105 Å². The van der Waals surface area contributed by atoms with E-state index in [1.807, 2.05) is 0 Å². The molecule has 0 saturated heterocycles. The lowest BCUT2D eigenvalue weighted by Gasteiger charge is -2.07. The third-order valence-corrected chi connectivity index (χ3v) is 3.20. The van der Waals surface area contributed by atoms with Gasteiger partial charge in [-0.2, -0.15) is 0 Å². The molecule has 1 heterocycles. The summed E-state index contributed by atoms with van der Waals surface area (Å²) in [6.45, 7) is 6.54. The third kappa shape index (κ3) is 2.22. The van der Waals surface area contributed by atoms with E-state index in [4.69, 9.17) is 0 Å². The highest BCUT2D eigenvalue weighted by molar-refractivity contribution is 9.10. The minimum Gasteiger partial charge on any atom is -0.349 e. The Hall–Kier alpha value is -1.02. The van der Waals surface area contributed by atoms with Crippen molar-refractivity contribution < 1.29 is 0 Å². The summed E-state index contributed by atoms with van der Waals surface area (Å²) in [7, 11) is 0. The minimum absolute atomic E-state index is 0.527. The number of H-pyrrole nitrogens is 1. The predicted molar refractivity (Wildman–Crippen MR) is 72.8 cm³/mol. The van der Waals surface area contributed by atoms with E-state index in [1.165, 1.54) is 22.4 Å². The fourth-order valence-corrected chi connectivity index (χ4v) is 2.30. The number of hydrogen-bond acceptors (Lipinski definition) is 0. The number of aromatic nitrogens is 1. The highest BCUT2D eigenvalue weighted by Crippen LogP contribution is 2.31. The van der Waals surface area contributed by atoms with Crippen LogP contribution in [0.2, 0.25) is 0 Å². The molecular weight excluding hydrogens is 262 g/mol. The van der Waals surface area contributed by atoms with Gasteiger partial charge in [-0.05, 0) is 46.0 Å². The average Bonchev–Trinajstić information content (AvgIpc) is 2.61. The first-order chi connectivity index (χ1) is 7.58. The van der Waals surface area contributed by atoms with Crippen molar-refractivity contribution in [1.82, 2.24) is 4.98 Å². The second-order valence-corrected chi connectivity index (χ2v) is 5.32. The van der Waals surface area contributed by atoms with Crippen LogP contribution < -0.4 is 0 Å². The van der Waals surface area contributed by atoms with Gasteiger partial charge in [0.25, 0.3) is 0 Å². The second kappa shape index (κ2) is 4.46. The van der Waals surface area contributed by atoms with Gasteiger partial charge in [-0.1, -0.05) is 43.7 Å². The fourth-order valence-electron chi connectivity index (χ4n) is 1.85. The van der Waals surface area contributed by atoms with Crippen LogP contribution in [0.1, 0.15) is 30.9 Å². The van der Waals surface area contributed by atoms with Crippen molar-refractivity contribution in [2.24, 2.45) is 0 Å². The van der Waals surface area contributed by atoms with Crippen LogP contribution >= 0.6 is 15.9 Å². The largest absolute Gasteiger partial charge is 0.349 e. The second-order valence-electron chi connectivity index (χ2n) is 4.47. The lowest BCUT2D eigenvalue weighted by Crippen LogP contribution is -1.89. The molecule has 1 nitrogen and oxygen atoms in total. The Morgan fingerprint density at radius 1 is 1.12 bits per heavy atom. The molecule has 2 heteroatoms. The molecule has 1 aromatic heterocycles. The average molecular weight is 278 g/mol. The van der Waals surface area contributed by atoms with Crippen LogP contribution in [0.15, 0.2) is 34.9 Å². The van der Waals surface area contributed by atoms with Crippen LogP contribution in [0.5, 0.6) is 0 Å². The number of halogens is 1. The van der Waals surface area contributed by atoms with E-state index in [2.05, 4.69) is 72.0 Å². The van der Waals surface area contributed by atoms with Gasteiger partial charge < -0.3 is 4.98 Å². The van der Waals surface area contributed by atoms with Crippen molar-refractivity contribution in [2.45, 2.75) is 26.7 Å². The number of hydrogen-bond donors (Lipinski definition) is 1. The molecule has 0 bridgehead atoms. The van der Waals surface area contributed by atoms with Crippen LogP contribution in [0, 0.1) is 6.92 Å². The monoisotopic (exact) mass is 277 g/mol. The molecule has 0 atom stereocenters. The van der Waals surface area contributed by atoms with Crippen molar-refractivity contribution in [3.8, 4) is 11.3 Å². The van der Waals surface area contributed by atoms with E-state index < -0.39 is 0 Å². The van der Waals surface area contributed by atoms with E-state index in [1.54, 1.807) is 0 Å². The Morgan fingerprint density at radius 3 is 2.31 bits per heavy atom. The molecule has 0 aliphatic rings. The standard InChI is InChI=1S/C14H16BrN/c1-9(2)12-8-13(15)16-14(12)11-6-4-10(3)5-7-11/h4-9,16H,1-3H3. The van der Waals surface area contributed by atoms with Gasteiger partial charge >= 0.3 is 0 Å². The Morgan fingerprint density at radius 2 is 1.75 bits per heavy atom. The van der Waals surface area contributed by atoms with Crippen LogP contribution in [0.4, 0.5) is 0 Å². The molecular formula is C14H16BrN. The van der Waals surface area contributed by atoms with Gasteiger partial charge in [0.1, 0.15) is 0 Å². The molecule has 0 fully saturated rings. The summed E-state index contributed by atoms with van der Waals surface area (Å²) in [5, 5.41) is 0. The maximum Gasteiger partial charge on any atom is 0.0827 e. The molecule has 0 aliphatic heterocycles. The molecule has 0 amide bonds. The van der Waals surface area contributed by atoms with E-state index in [-0.39, 0.29) is 0 Å². The van der Waals surface area contributed by atoms with E-state index in [0.717, 1.165) is 4.60 Å². The van der Waals surface area contributed by atoms with E-state index in [9.17, 15) is 0 Å². The maximum atomic E-state index is 3.51. The SMILES string of the molecule is Cc1ccc(-c2[nH]c(Br)cc2C(C)C)cc1. The van der Waals surface area contributed by atoms with Gasteiger partial charge in [0.15, 0.2) is 0 Å². The summed E-state index contributed by atoms with van der Waals surface area (Å²) >= 11 is 3.51. The number of rotatable bonds is 2. The molecule has 0 aliphatic carbocycles. The van der Waals surface area contributed by atoms with Crippen molar-refractivity contribution >= 4 is 15.9 Å². The van der Waals surface area contributed by atoms with Gasteiger partial charge in [-0.3, -0.25) is 0 Å². The van der Waals surface area contributed by atoms with Crippen molar-refractivity contribution in [1.29, 1.82) is 0 Å². The first-order valence-electron chi connectivity index (χ1n) is 5.53. The van der Waals surface area contributed by atoms with Crippen LogP contribution in [0.25, 0.3) is 11.3 Å². The lowest BCUT2D eigenvalue weighted by molar-refractivity contribution is 0.871. The van der Waals surface area contributed by atoms with E-state index in [0.29, 0.717) is 5.92 Å². The zero-order valence-corrected chi connectivity index (χ0v) is 11.4. The van der Waals surface area contributed by atoms with Crippen LogP contribution in [-0.2, 0) is 0 Å². The first-order valence-corrected chi connectivity index (χ1v) is 6.32. The summed E-state index contributed by atoms with van der Waals surface area (Å²) in [5.41, 5.74) is 5.12. The first kappa shape index (κ1) is 11.5. The summed E-state index contributed by atoms with van der Waals surface area (Å²) in [4.78, 5) is 3.38. The predicted octanol–water partition coefficient (Wildman–Crippen LogP) is 4.88. The Kier molecular flexibility index (Phi) is 3.20. The fraction of sp³-hybridized carbons (Fsp3) is 0.286. The van der Waals surface area contributed by atoms with Crippen LogP contribution in [-0.4, -0.2) is 4.98 Å². The number of aryl methyl sites for hydroxylation is 1. The van der Waals surface area contributed by atoms with Gasteiger partial charge in [0.05, 0.1) is 4.60 Å². The summed E-state index contributed by atoms with van der Waals surface area (Å²) in [5.74, 6) is 0.527. The summed E-state index contributed by atoms with van der Waals surface area (Å²) in [6.07, 6.45) is 0. The number of aromatic amines is 1. The molecule has 16 heavy (non-hydrogen) atoms. The van der Waals surface area contributed by atoms with Crippen molar-refractivity contribution in [2.75, 3.05) is 0 Å². The smallest absolute Gasteiger partial charge is 0.0827 e. The minimum atomic E-state index is 0.527. The molecule has 0 radical (unpaired) electrons. The number of nitrogens with one attached hydrogen (secondary N) is 1. The van der Waals surface area contributed by atoms with Gasteiger partial charge in [-0.25, -0.2) is 0 Å². The highest BCUT2D eigenvalue weighted by atomic mass is 79.9. The third-order valence-electron chi connectivity index (χ3n) is 2.78. The molecule has 0 spiro atoms. The molecule has 1 aromatic carbocycles. The zero-order chi connectivity index (χ0) is 11.7. The molecule has 1 N–H and O–H groups in total. The van der Waals surface area contributed by atoms with Gasteiger partial charge in [-0.15, -0.1) is 0 Å². The summed E-state index contributed by atoms with van der Waals surface area (Å²) < 4.78 is 1.05. The molecule has 2 rings (SSSR count). The Balaban J connectivity index is 2.50. The van der Waals surface area contributed by atoms with Gasteiger partial charge in [0, 0.05) is 5.69 Å². The molecule has 0 saturated carbocycles.